The quantitative estimate of drug-likeness (QED) is 0.164. The summed E-state index contributed by atoms with van der Waals surface area (Å²) in [6, 6.07) is 9.42. The first-order valence-electron chi connectivity index (χ1n) is 12.9. The number of urea groups is 1. The van der Waals surface area contributed by atoms with Crippen LogP contribution in [0.4, 0.5) is 31.1 Å². The Morgan fingerprint density at radius 2 is 1.66 bits per heavy atom. The van der Waals surface area contributed by atoms with Crippen molar-refractivity contribution in [2.45, 2.75) is 75.2 Å². The van der Waals surface area contributed by atoms with Gasteiger partial charge in [0, 0.05) is 13.0 Å². The number of amides is 2. The van der Waals surface area contributed by atoms with Crippen molar-refractivity contribution in [1.29, 1.82) is 5.41 Å². The third-order valence-electron chi connectivity index (χ3n) is 7.40. The molecule has 41 heavy (non-hydrogen) atoms. The van der Waals surface area contributed by atoms with Crippen molar-refractivity contribution < 1.29 is 41.0 Å². The Labute approximate surface area is 234 Å². The predicted molar refractivity (Wildman–Crippen MR) is 140 cm³/mol. The second-order valence-corrected chi connectivity index (χ2v) is 11.1. The molecule has 2 aromatic rings. The number of carbonyl (C=O) groups is 1. The maximum atomic E-state index is 13.4. The fraction of sp³-hybridized carbons (Fsp3) is 0.500. The largest absolute Gasteiger partial charge is 0.416 e. The normalized spacial score (nSPS) is 22.7. The molecular formula is C28H34F6N4O3. The highest BCUT2D eigenvalue weighted by atomic mass is 19.4. The van der Waals surface area contributed by atoms with Crippen LogP contribution in [-0.4, -0.2) is 46.7 Å². The number of nitrogens with two attached hydrogens (primary N) is 1. The second-order valence-electron chi connectivity index (χ2n) is 11.1. The zero-order valence-electron chi connectivity index (χ0n) is 22.9. The molecule has 1 aliphatic heterocycles. The number of ether oxygens (including phenoxy) is 1. The Morgan fingerprint density at radius 3 is 2.07 bits per heavy atom. The van der Waals surface area contributed by atoms with Crippen LogP contribution in [0, 0.1) is 5.41 Å². The standard InChI is InChI=1S/C28H34F6N4O3/c1-18(19-11-21(27(29,30)31)13-22(12-19)28(32,33)34)41-16-26(20-7-5-4-6-8-20)10-9-25(15-37-26,14-24(2,3)40)38(17-35)23(36)39/h4-8,11-13,17-18,35,37,40H,9-10,14-16H2,1-3H3,(H2,36,39)/t18-,25-,26-/m1/s1. The van der Waals surface area contributed by atoms with Crippen molar-refractivity contribution in [3.05, 3.63) is 70.8 Å². The van der Waals surface area contributed by atoms with Gasteiger partial charge in [-0.25, -0.2) is 4.79 Å². The first kappa shape index (κ1) is 32.4. The minimum atomic E-state index is -4.99. The van der Waals surface area contributed by atoms with Gasteiger partial charge < -0.3 is 20.9 Å². The number of alkyl halides is 6. The predicted octanol–water partition coefficient (Wildman–Crippen LogP) is 5.97. The highest BCUT2D eigenvalue weighted by Crippen LogP contribution is 2.42. The van der Waals surface area contributed by atoms with Gasteiger partial charge in [0.1, 0.15) is 0 Å². The van der Waals surface area contributed by atoms with E-state index in [0.717, 1.165) is 16.8 Å². The van der Waals surface area contributed by atoms with Crippen LogP contribution in [-0.2, 0) is 22.6 Å². The van der Waals surface area contributed by atoms with Crippen molar-refractivity contribution in [2.24, 2.45) is 5.73 Å². The van der Waals surface area contributed by atoms with Gasteiger partial charge in [-0.15, -0.1) is 0 Å². The zero-order chi connectivity index (χ0) is 30.9. The summed E-state index contributed by atoms with van der Waals surface area (Å²) < 4.78 is 86.4. The molecule has 1 heterocycles. The summed E-state index contributed by atoms with van der Waals surface area (Å²) >= 11 is 0. The molecule has 0 bridgehead atoms. The molecule has 0 aliphatic carbocycles. The third kappa shape index (κ3) is 7.57. The van der Waals surface area contributed by atoms with Crippen molar-refractivity contribution in [3.63, 3.8) is 0 Å². The second kappa shape index (κ2) is 11.6. The van der Waals surface area contributed by atoms with Gasteiger partial charge in [0.05, 0.1) is 46.9 Å². The summed E-state index contributed by atoms with van der Waals surface area (Å²) in [4.78, 5) is 13.3. The van der Waals surface area contributed by atoms with Crippen LogP contribution >= 0.6 is 0 Å². The van der Waals surface area contributed by atoms with Gasteiger partial charge in [-0.1, -0.05) is 30.3 Å². The van der Waals surface area contributed by atoms with Crippen LogP contribution in [0.3, 0.4) is 0 Å². The van der Waals surface area contributed by atoms with Gasteiger partial charge in [0.2, 0.25) is 0 Å². The molecule has 2 aromatic carbocycles. The van der Waals surface area contributed by atoms with Crippen molar-refractivity contribution >= 4 is 12.4 Å². The number of benzene rings is 2. The van der Waals surface area contributed by atoms with Crippen LogP contribution in [0.2, 0.25) is 0 Å². The smallest absolute Gasteiger partial charge is 0.390 e. The number of nitrogens with one attached hydrogen (secondary N) is 2. The molecule has 13 heteroatoms. The van der Waals surface area contributed by atoms with E-state index in [4.69, 9.17) is 15.9 Å². The molecule has 1 fully saturated rings. The number of piperidine rings is 1. The number of halogens is 6. The minimum absolute atomic E-state index is 0.0593. The van der Waals surface area contributed by atoms with E-state index < -0.39 is 52.3 Å². The van der Waals surface area contributed by atoms with Gasteiger partial charge in [-0.2, -0.15) is 26.3 Å². The first-order chi connectivity index (χ1) is 18.8. The van der Waals surface area contributed by atoms with Gasteiger partial charge in [-0.3, -0.25) is 10.3 Å². The van der Waals surface area contributed by atoms with E-state index in [9.17, 15) is 36.2 Å². The molecule has 0 aromatic heterocycles. The summed E-state index contributed by atoms with van der Waals surface area (Å²) in [5.41, 5.74) is -0.139. The monoisotopic (exact) mass is 588 g/mol. The van der Waals surface area contributed by atoms with Gasteiger partial charge in [-0.05, 0) is 62.9 Å². The van der Waals surface area contributed by atoms with E-state index >= 15 is 0 Å². The maximum Gasteiger partial charge on any atom is 0.416 e. The molecule has 0 saturated carbocycles. The fourth-order valence-electron chi connectivity index (χ4n) is 5.43. The molecule has 0 unspecified atom stereocenters. The van der Waals surface area contributed by atoms with Crippen LogP contribution in [0.1, 0.15) is 68.4 Å². The third-order valence-corrected chi connectivity index (χ3v) is 7.40. The SMILES string of the molecule is C[C@@H](OC[C@@]1(c2ccccc2)CC[C@](CC(C)(C)O)(N(C=N)C(N)=O)CN1)c1cc(C(F)(F)F)cc(C(F)(F)F)c1. The molecule has 1 saturated heterocycles. The summed E-state index contributed by atoms with van der Waals surface area (Å²) in [5.74, 6) is 0. The topological polar surface area (TPSA) is 112 Å². The van der Waals surface area contributed by atoms with Gasteiger partial charge >= 0.3 is 18.4 Å². The fourth-order valence-corrected chi connectivity index (χ4v) is 5.43. The Balaban J connectivity index is 1.95. The molecule has 5 N–H and O–H groups in total. The minimum Gasteiger partial charge on any atom is -0.390 e. The molecule has 7 nitrogen and oxygen atoms in total. The Kier molecular flexibility index (Phi) is 9.16. The molecule has 0 spiro atoms. The van der Waals surface area contributed by atoms with E-state index in [2.05, 4.69) is 5.32 Å². The summed E-state index contributed by atoms with van der Waals surface area (Å²) in [7, 11) is 0. The van der Waals surface area contributed by atoms with Crippen LogP contribution in [0.5, 0.6) is 0 Å². The van der Waals surface area contributed by atoms with Crippen LogP contribution in [0.15, 0.2) is 48.5 Å². The lowest BCUT2D eigenvalue weighted by molar-refractivity contribution is -0.143. The maximum absolute atomic E-state index is 13.4. The molecule has 226 valence electrons. The lowest BCUT2D eigenvalue weighted by Crippen LogP contribution is -2.67. The van der Waals surface area contributed by atoms with E-state index in [1.807, 2.05) is 0 Å². The van der Waals surface area contributed by atoms with E-state index in [-0.39, 0.29) is 44.0 Å². The van der Waals surface area contributed by atoms with E-state index in [0.29, 0.717) is 12.1 Å². The molecule has 3 rings (SSSR count). The average molecular weight is 589 g/mol. The number of aliphatic hydroxyl groups is 1. The Hall–Kier alpha value is -3.16. The summed E-state index contributed by atoms with van der Waals surface area (Å²) in [6.07, 6.45) is -9.74. The average Bonchev–Trinajstić information content (AvgIpc) is 2.87. The van der Waals surface area contributed by atoms with E-state index in [1.165, 1.54) is 6.92 Å². The number of primary amides is 1. The van der Waals surface area contributed by atoms with Crippen LogP contribution in [0.25, 0.3) is 0 Å². The van der Waals surface area contributed by atoms with Gasteiger partial charge in [0.15, 0.2) is 0 Å². The van der Waals surface area contributed by atoms with Crippen LogP contribution < -0.4 is 11.1 Å². The summed E-state index contributed by atoms with van der Waals surface area (Å²) in [5, 5.41) is 21.7. The zero-order valence-corrected chi connectivity index (χ0v) is 22.9. The number of carbonyl (C=O) groups excluding carboxylic acids is 1. The Morgan fingerprint density at radius 1 is 1.10 bits per heavy atom. The highest BCUT2D eigenvalue weighted by molar-refractivity contribution is 5.85. The van der Waals surface area contributed by atoms with Gasteiger partial charge in [0.25, 0.3) is 0 Å². The number of hydrogen-bond donors (Lipinski definition) is 4. The molecular weight excluding hydrogens is 554 g/mol. The number of hydrogen-bond acceptors (Lipinski definition) is 5. The lowest BCUT2D eigenvalue weighted by Gasteiger charge is -2.52. The molecule has 2 amide bonds. The number of nitrogens with zero attached hydrogens (tertiary/aromatic N) is 1. The van der Waals surface area contributed by atoms with Crippen molar-refractivity contribution in [2.75, 3.05) is 13.2 Å². The molecule has 0 radical (unpaired) electrons. The summed E-state index contributed by atoms with van der Waals surface area (Å²) in [6.45, 7) is 4.41. The molecule has 3 atom stereocenters. The highest BCUT2D eigenvalue weighted by Gasteiger charge is 2.49. The first-order valence-corrected chi connectivity index (χ1v) is 12.9. The Bertz CT molecular complexity index is 1190. The van der Waals surface area contributed by atoms with Crippen molar-refractivity contribution in [1.82, 2.24) is 10.2 Å². The number of rotatable bonds is 9. The molecule has 1 aliphatic rings. The van der Waals surface area contributed by atoms with E-state index in [1.54, 1.807) is 44.2 Å². The van der Waals surface area contributed by atoms with Crippen molar-refractivity contribution in [3.8, 4) is 0 Å². The lowest BCUT2D eigenvalue weighted by atomic mass is 9.72.